The number of benzene rings is 2. The molecular formula is C21H20FN3O2. The minimum absolute atomic E-state index is 0.0909. The molecule has 1 N–H and O–H groups in total. The van der Waals surface area contributed by atoms with Crippen molar-refractivity contribution in [1.29, 1.82) is 0 Å². The lowest BCUT2D eigenvalue weighted by molar-refractivity contribution is -0.121. The molecule has 27 heavy (non-hydrogen) atoms. The van der Waals surface area contributed by atoms with E-state index in [-0.39, 0.29) is 30.6 Å². The van der Waals surface area contributed by atoms with Gasteiger partial charge in [-0.3, -0.25) is 14.6 Å². The van der Waals surface area contributed by atoms with Crippen molar-refractivity contribution >= 4 is 28.4 Å². The molecule has 0 aliphatic carbocycles. The standard InChI is InChI=1S/C21H20FN3O2/c1-15(26)25(19-9-3-6-17-7-4-10-24-21(17)19)12-11-23-20(27)14-16-5-2-8-18(22)13-16/h2-10,13H,11-12,14H2,1H3,(H,23,27). The Kier molecular flexibility index (Phi) is 5.76. The molecule has 0 bridgehead atoms. The van der Waals surface area contributed by atoms with Crippen molar-refractivity contribution in [2.45, 2.75) is 13.3 Å². The molecule has 0 unspecified atom stereocenters. The minimum Gasteiger partial charge on any atom is -0.354 e. The summed E-state index contributed by atoms with van der Waals surface area (Å²) in [7, 11) is 0. The zero-order valence-electron chi connectivity index (χ0n) is 15.0. The number of rotatable bonds is 6. The van der Waals surface area contributed by atoms with Crippen molar-refractivity contribution in [2.75, 3.05) is 18.0 Å². The van der Waals surface area contributed by atoms with Crippen molar-refractivity contribution in [2.24, 2.45) is 0 Å². The average molecular weight is 365 g/mol. The number of halogens is 1. The Balaban J connectivity index is 1.65. The molecule has 0 radical (unpaired) electrons. The molecule has 5 nitrogen and oxygen atoms in total. The normalized spacial score (nSPS) is 10.6. The Bertz CT molecular complexity index is 969. The molecule has 3 aromatic rings. The van der Waals surface area contributed by atoms with Crippen LogP contribution in [0.1, 0.15) is 12.5 Å². The van der Waals surface area contributed by atoms with E-state index in [2.05, 4.69) is 10.3 Å². The SMILES string of the molecule is CC(=O)N(CCNC(=O)Cc1cccc(F)c1)c1cccc2cccnc12. The summed E-state index contributed by atoms with van der Waals surface area (Å²) in [5, 5.41) is 3.72. The number of aromatic nitrogens is 1. The number of nitrogens with one attached hydrogen (secondary N) is 1. The van der Waals surface area contributed by atoms with Gasteiger partial charge in [-0.1, -0.05) is 30.3 Å². The number of hydrogen-bond acceptors (Lipinski definition) is 3. The zero-order chi connectivity index (χ0) is 19.2. The summed E-state index contributed by atoms with van der Waals surface area (Å²) < 4.78 is 13.2. The fourth-order valence-electron chi connectivity index (χ4n) is 2.96. The molecule has 0 saturated carbocycles. The monoisotopic (exact) mass is 365 g/mol. The molecule has 0 spiro atoms. The van der Waals surface area contributed by atoms with Crippen LogP contribution in [-0.2, 0) is 16.0 Å². The van der Waals surface area contributed by atoms with Crippen LogP contribution >= 0.6 is 0 Å². The molecule has 0 aliphatic heterocycles. The summed E-state index contributed by atoms with van der Waals surface area (Å²) in [4.78, 5) is 30.2. The maximum absolute atomic E-state index is 13.2. The van der Waals surface area contributed by atoms with Crippen molar-refractivity contribution < 1.29 is 14.0 Å². The summed E-state index contributed by atoms with van der Waals surface area (Å²) in [5.74, 6) is -0.723. The smallest absolute Gasteiger partial charge is 0.224 e. The van der Waals surface area contributed by atoms with Gasteiger partial charge in [0.1, 0.15) is 5.82 Å². The third kappa shape index (κ3) is 4.67. The largest absolute Gasteiger partial charge is 0.354 e. The zero-order valence-corrected chi connectivity index (χ0v) is 15.0. The molecule has 1 heterocycles. The van der Waals surface area contributed by atoms with Gasteiger partial charge in [0.15, 0.2) is 0 Å². The van der Waals surface area contributed by atoms with E-state index < -0.39 is 0 Å². The maximum Gasteiger partial charge on any atom is 0.224 e. The van der Waals surface area contributed by atoms with Gasteiger partial charge in [-0.15, -0.1) is 0 Å². The van der Waals surface area contributed by atoms with Crippen molar-refractivity contribution in [3.63, 3.8) is 0 Å². The van der Waals surface area contributed by atoms with Gasteiger partial charge in [-0.25, -0.2) is 4.39 Å². The van der Waals surface area contributed by atoms with E-state index in [4.69, 9.17) is 0 Å². The number of para-hydroxylation sites is 1. The summed E-state index contributed by atoms with van der Waals surface area (Å²) >= 11 is 0. The molecule has 2 amide bonds. The van der Waals surface area contributed by atoms with Crippen LogP contribution in [0.25, 0.3) is 10.9 Å². The van der Waals surface area contributed by atoms with Crippen LogP contribution in [0.15, 0.2) is 60.8 Å². The van der Waals surface area contributed by atoms with E-state index >= 15 is 0 Å². The number of amides is 2. The van der Waals surface area contributed by atoms with Gasteiger partial charge in [0.25, 0.3) is 0 Å². The highest BCUT2D eigenvalue weighted by atomic mass is 19.1. The summed E-state index contributed by atoms with van der Waals surface area (Å²) in [6.45, 7) is 2.09. The Morgan fingerprint density at radius 2 is 1.89 bits per heavy atom. The Labute approximate surface area is 156 Å². The number of carbonyl (C=O) groups is 2. The number of fused-ring (bicyclic) bond motifs is 1. The molecule has 0 atom stereocenters. The Morgan fingerprint density at radius 3 is 2.67 bits per heavy atom. The van der Waals surface area contributed by atoms with Crippen LogP contribution in [0.2, 0.25) is 0 Å². The van der Waals surface area contributed by atoms with Crippen LogP contribution in [0, 0.1) is 5.82 Å². The number of nitrogens with zero attached hydrogens (tertiary/aromatic N) is 2. The lowest BCUT2D eigenvalue weighted by atomic mass is 10.1. The molecule has 6 heteroatoms. The van der Waals surface area contributed by atoms with Gasteiger partial charge in [-0.05, 0) is 29.8 Å². The molecule has 0 saturated heterocycles. The molecule has 138 valence electrons. The third-order valence-corrected chi connectivity index (χ3v) is 4.19. The third-order valence-electron chi connectivity index (χ3n) is 4.19. The van der Waals surface area contributed by atoms with E-state index in [0.29, 0.717) is 17.8 Å². The Morgan fingerprint density at radius 1 is 1.11 bits per heavy atom. The molecule has 1 aromatic heterocycles. The first kappa shape index (κ1) is 18.5. The van der Waals surface area contributed by atoms with Crippen LogP contribution in [0.5, 0.6) is 0 Å². The second kappa shape index (κ2) is 8.40. The molecule has 2 aromatic carbocycles. The molecular weight excluding hydrogens is 345 g/mol. The maximum atomic E-state index is 13.2. The van der Waals surface area contributed by atoms with E-state index in [1.165, 1.54) is 19.1 Å². The predicted octanol–water partition coefficient (Wildman–Crippen LogP) is 3.09. The first-order valence-electron chi connectivity index (χ1n) is 8.67. The topological polar surface area (TPSA) is 62.3 Å². The first-order chi connectivity index (χ1) is 13.0. The molecule has 3 rings (SSSR count). The van der Waals surface area contributed by atoms with Crippen molar-refractivity contribution in [1.82, 2.24) is 10.3 Å². The van der Waals surface area contributed by atoms with E-state index in [1.807, 2.05) is 30.3 Å². The fourth-order valence-corrected chi connectivity index (χ4v) is 2.96. The summed E-state index contributed by atoms with van der Waals surface area (Å²) in [6.07, 6.45) is 1.78. The van der Waals surface area contributed by atoms with E-state index in [1.54, 1.807) is 23.2 Å². The Hall–Kier alpha value is -3.28. The second-order valence-corrected chi connectivity index (χ2v) is 6.18. The average Bonchev–Trinajstić information content (AvgIpc) is 2.65. The van der Waals surface area contributed by atoms with E-state index in [0.717, 1.165) is 10.9 Å². The quantitative estimate of drug-likeness (QED) is 0.730. The highest BCUT2D eigenvalue weighted by molar-refractivity contribution is 6.01. The number of hydrogen-bond donors (Lipinski definition) is 1. The van der Waals surface area contributed by atoms with Gasteiger partial charge in [-0.2, -0.15) is 0 Å². The van der Waals surface area contributed by atoms with Gasteiger partial charge in [0.2, 0.25) is 11.8 Å². The van der Waals surface area contributed by atoms with Gasteiger partial charge in [0.05, 0.1) is 17.6 Å². The van der Waals surface area contributed by atoms with Crippen molar-refractivity contribution in [3.05, 3.63) is 72.2 Å². The summed E-state index contributed by atoms with van der Waals surface area (Å²) in [6, 6.07) is 15.4. The van der Waals surface area contributed by atoms with Gasteiger partial charge in [0, 0.05) is 31.6 Å². The summed E-state index contributed by atoms with van der Waals surface area (Å²) in [5.41, 5.74) is 2.05. The van der Waals surface area contributed by atoms with Crippen LogP contribution < -0.4 is 10.2 Å². The highest BCUT2D eigenvalue weighted by Crippen LogP contribution is 2.24. The number of carbonyl (C=O) groups excluding carboxylic acids is 2. The van der Waals surface area contributed by atoms with Gasteiger partial charge < -0.3 is 10.2 Å². The molecule has 0 aliphatic rings. The predicted molar refractivity (Wildman–Crippen MR) is 103 cm³/mol. The fraction of sp³-hybridized carbons (Fsp3) is 0.190. The van der Waals surface area contributed by atoms with Crippen LogP contribution in [0.3, 0.4) is 0 Å². The molecule has 0 fully saturated rings. The second-order valence-electron chi connectivity index (χ2n) is 6.18. The lowest BCUT2D eigenvalue weighted by Crippen LogP contribution is -2.38. The minimum atomic E-state index is -0.369. The first-order valence-corrected chi connectivity index (χ1v) is 8.67. The van der Waals surface area contributed by atoms with Crippen LogP contribution in [0.4, 0.5) is 10.1 Å². The van der Waals surface area contributed by atoms with Gasteiger partial charge >= 0.3 is 0 Å². The van der Waals surface area contributed by atoms with Crippen LogP contribution in [-0.4, -0.2) is 29.9 Å². The highest BCUT2D eigenvalue weighted by Gasteiger charge is 2.15. The lowest BCUT2D eigenvalue weighted by Gasteiger charge is -2.22. The number of anilines is 1. The van der Waals surface area contributed by atoms with E-state index in [9.17, 15) is 14.0 Å². The number of pyridine rings is 1. The van der Waals surface area contributed by atoms with Crippen molar-refractivity contribution in [3.8, 4) is 0 Å².